The lowest BCUT2D eigenvalue weighted by molar-refractivity contribution is 0.199. The fourth-order valence-corrected chi connectivity index (χ4v) is 1.32. The van der Waals surface area contributed by atoms with Crippen molar-refractivity contribution < 1.29 is 4.79 Å². The van der Waals surface area contributed by atoms with Gasteiger partial charge < -0.3 is 10.2 Å². The van der Waals surface area contributed by atoms with E-state index < -0.39 is 0 Å². The van der Waals surface area contributed by atoms with Crippen LogP contribution in [0.5, 0.6) is 0 Å². The molecule has 0 unspecified atom stereocenters. The Labute approximate surface area is 78.1 Å². The van der Waals surface area contributed by atoms with Crippen molar-refractivity contribution in [3.63, 3.8) is 0 Å². The molecular weight excluding hydrogens is 176 g/mol. The molecule has 1 aliphatic rings. The predicted molar refractivity (Wildman–Crippen MR) is 49.5 cm³/mol. The van der Waals surface area contributed by atoms with Crippen molar-refractivity contribution in [2.75, 3.05) is 19.5 Å². The molecule has 0 aromatic heterocycles. The lowest BCUT2D eigenvalue weighted by atomic mass is 9.93. The molecule has 0 aliphatic heterocycles. The smallest absolute Gasteiger partial charge is 0.317 e. The molecule has 3 nitrogen and oxygen atoms in total. The van der Waals surface area contributed by atoms with E-state index in [0.29, 0.717) is 18.5 Å². The van der Waals surface area contributed by atoms with Gasteiger partial charge in [-0.3, -0.25) is 0 Å². The van der Waals surface area contributed by atoms with Gasteiger partial charge in [-0.05, 0) is 19.3 Å². The van der Waals surface area contributed by atoms with E-state index in [-0.39, 0.29) is 6.03 Å². The van der Waals surface area contributed by atoms with E-state index in [4.69, 9.17) is 11.6 Å². The zero-order valence-corrected chi connectivity index (χ0v) is 8.10. The van der Waals surface area contributed by atoms with E-state index >= 15 is 0 Å². The Kier molecular flexibility index (Phi) is 3.66. The third kappa shape index (κ3) is 2.55. The Balaban J connectivity index is 2.16. The summed E-state index contributed by atoms with van der Waals surface area (Å²) in [6, 6.07) is 0.413. The number of hydrogen-bond acceptors (Lipinski definition) is 1. The van der Waals surface area contributed by atoms with E-state index in [1.165, 1.54) is 6.42 Å². The molecule has 1 aliphatic carbocycles. The fourth-order valence-electron chi connectivity index (χ4n) is 1.07. The van der Waals surface area contributed by atoms with E-state index in [0.717, 1.165) is 12.8 Å². The minimum Gasteiger partial charge on any atom is -0.335 e. The normalized spacial score (nSPS) is 16.8. The summed E-state index contributed by atoms with van der Waals surface area (Å²) in [6.45, 7) is 0.611. The van der Waals surface area contributed by atoms with Crippen molar-refractivity contribution in [2.24, 2.45) is 0 Å². The first kappa shape index (κ1) is 9.65. The van der Waals surface area contributed by atoms with E-state index in [1.54, 1.807) is 11.9 Å². The molecule has 0 atom stereocenters. The summed E-state index contributed by atoms with van der Waals surface area (Å²) in [5.74, 6) is 0.495. The van der Waals surface area contributed by atoms with Crippen molar-refractivity contribution in [3.8, 4) is 0 Å². The van der Waals surface area contributed by atoms with Gasteiger partial charge in [0.2, 0.25) is 0 Å². The maximum atomic E-state index is 11.3. The van der Waals surface area contributed by atoms with Gasteiger partial charge >= 0.3 is 6.03 Å². The highest BCUT2D eigenvalue weighted by Gasteiger charge is 2.20. The topological polar surface area (TPSA) is 32.3 Å². The summed E-state index contributed by atoms with van der Waals surface area (Å²) in [7, 11) is 1.76. The maximum absolute atomic E-state index is 11.3. The Hall–Kier alpha value is -0.440. The molecule has 0 aromatic rings. The van der Waals surface area contributed by atoms with Gasteiger partial charge in [-0.25, -0.2) is 4.79 Å². The molecule has 1 saturated carbocycles. The van der Waals surface area contributed by atoms with Crippen LogP contribution in [0.2, 0.25) is 0 Å². The zero-order valence-electron chi connectivity index (χ0n) is 7.35. The molecule has 70 valence electrons. The number of halogens is 1. The number of rotatable bonds is 3. The number of alkyl halides is 1. The van der Waals surface area contributed by atoms with Crippen molar-refractivity contribution in [1.29, 1.82) is 0 Å². The van der Waals surface area contributed by atoms with Crippen LogP contribution in [0.3, 0.4) is 0 Å². The van der Waals surface area contributed by atoms with Gasteiger partial charge in [0.15, 0.2) is 0 Å². The van der Waals surface area contributed by atoms with Crippen LogP contribution in [-0.2, 0) is 0 Å². The second-order valence-electron chi connectivity index (χ2n) is 3.19. The van der Waals surface area contributed by atoms with Gasteiger partial charge in [-0.2, -0.15) is 0 Å². The van der Waals surface area contributed by atoms with Crippen molar-refractivity contribution >= 4 is 17.6 Å². The monoisotopic (exact) mass is 190 g/mol. The minimum atomic E-state index is 0.000324. The van der Waals surface area contributed by atoms with Crippen LogP contribution in [0.25, 0.3) is 0 Å². The molecule has 1 rings (SSSR count). The average molecular weight is 191 g/mol. The number of urea groups is 1. The van der Waals surface area contributed by atoms with E-state index in [1.807, 2.05) is 0 Å². The molecule has 0 bridgehead atoms. The van der Waals surface area contributed by atoms with Crippen molar-refractivity contribution in [2.45, 2.75) is 25.3 Å². The van der Waals surface area contributed by atoms with Crippen LogP contribution in [0, 0.1) is 0 Å². The molecule has 12 heavy (non-hydrogen) atoms. The highest BCUT2D eigenvalue weighted by molar-refractivity contribution is 6.18. The van der Waals surface area contributed by atoms with E-state index in [2.05, 4.69) is 5.32 Å². The third-order valence-electron chi connectivity index (χ3n) is 2.20. The van der Waals surface area contributed by atoms with Gasteiger partial charge in [0.25, 0.3) is 0 Å². The Bertz CT molecular complexity index is 159. The quantitative estimate of drug-likeness (QED) is 0.671. The Morgan fingerprint density at radius 1 is 1.67 bits per heavy atom. The highest BCUT2D eigenvalue weighted by Crippen LogP contribution is 2.17. The van der Waals surface area contributed by atoms with Crippen LogP contribution in [-0.4, -0.2) is 36.4 Å². The Morgan fingerprint density at radius 3 is 2.75 bits per heavy atom. The first-order valence-electron chi connectivity index (χ1n) is 4.31. The molecule has 0 spiro atoms. The summed E-state index contributed by atoms with van der Waals surface area (Å²) in [6.07, 6.45) is 3.49. The summed E-state index contributed by atoms with van der Waals surface area (Å²) in [5.41, 5.74) is 0. The molecule has 2 amide bonds. The number of hydrogen-bond donors (Lipinski definition) is 1. The fraction of sp³-hybridized carbons (Fsp3) is 0.875. The number of carbonyl (C=O) groups excluding carboxylic acids is 1. The maximum Gasteiger partial charge on any atom is 0.317 e. The molecule has 1 fully saturated rings. The van der Waals surface area contributed by atoms with Gasteiger partial charge in [-0.1, -0.05) is 0 Å². The zero-order chi connectivity index (χ0) is 8.97. The molecule has 0 heterocycles. The molecule has 4 heteroatoms. The van der Waals surface area contributed by atoms with Crippen LogP contribution in [0.15, 0.2) is 0 Å². The van der Waals surface area contributed by atoms with Crippen LogP contribution < -0.4 is 5.32 Å². The molecular formula is C8H15ClN2O. The van der Waals surface area contributed by atoms with Gasteiger partial charge in [0, 0.05) is 25.5 Å². The molecule has 0 radical (unpaired) electrons. The van der Waals surface area contributed by atoms with E-state index in [9.17, 15) is 4.79 Å². The number of nitrogens with zero attached hydrogens (tertiary/aromatic N) is 1. The standard InChI is InChI=1S/C8H15ClN2O/c1-11(6-5-9)8(12)10-7-3-2-4-7/h7H,2-6H2,1H3,(H,10,12). The second kappa shape index (κ2) is 4.55. The molecule has 0 saturated heterocycles. The highest BCUT2D eigenvalue weighted by atomic mass is 35.5. The molecule has 1 N–H and O–H groups in total. The van der Waals surface area contributed by atoms with Crippen LogP contribution in [0.1, 0.15) is 19.3 Å². The lowest BCUT2D eigenvalue weighted by Gasteiger charge is -2.28. The summed E-state index contributed by atoms with van der Waals surface area (Å²) < 4.78 is 0. The van der Waals surface area contributed by atoms with Crippen molar-refractivity contribution in [3.05, 3.63) is 0 Å². The first-order chi connectivity index (χ1) is 5.74. The number of carbonyl (C=O) groups is 1. The predicted octanol–water partition coefficient (Wildman–Crippen LogP) is 1.42. The summed E-state index contributed by atoms with van der Waals surface area (Å²) >= 11 is 5.50. The average Bonchev–Trinajstić information content (AvgIpc) is 1.97. The van der Waals surface area contributed by atoms with Gasteiger partial charge in [-0.15, -0.1) is 11.6 Å². The summed E-state index contributed by atoms with van der Waals surface area (Å²) in [5, 5.41) is 2.93. The van der Waals surface area contributed by atoms with Crippen LogP contribution in [0.4, 0.5) is 4.79 Å². The summed E-state index contributed by atoms with van der Waals surface area (Å²) in [4.78, 5) is 12.9. The third-order valence-corrected chi connectivity index (χ3v) is 2.37. The second-order valence-corrected chi connectivity index (χ2v) is 3.57. The number of amides is 2. The van der Waals surface area contributed by atoms with Crippen LogP contribution >= 0.6 is 11.6 Å². The van der Waals surface area contributed by atoms with Gasteiger partial charge in [0.1, 0.15) is 0 Å². The minimum absolute atomic E-state index is 0.000324. The Morgan fingerprint density at radius 2 is 2.33 bits per heavy atom. The van der Waals surface area contributed by atoms with Gasteiger partial charge in [0.05, 0.1) is 0 Å². The number of nitrogens with one attached hydrogen (secondary N) is 1. The SMILES string of the molecule is CN(CCCl)C(=O)NC1CCC1. The largest absolute Gasteiger partial charge is 0.335 e. The lowest BCUT2D eigenvalue weighted by Crippen LogP contribution is -2.46. The first-order valence-corrected chi connectivity index (χ1v) is 4.85. The molecule has 0 aromatic carbocycles. The van der Waals surface area contributed by atoms with Crippen molar-refractivity contribution in [1.82, 2.24) is 10.2 Å².